The van der Waals surface area contributed by atoms with Gasteiger partial charge in [-0.3, -0.25) is 4.79 Å². The molecule has 1 heterocycles. The molecule has 0 bridgehead atoms. The summed E-state index contributed by atoms with van der Waals surface area (Å²) in [7, 11) is 0. The molecule has 0 aromatic rings. The molecule has 1 fully saturated rings. The third-order valence-corrected chi connectivity index (χ3v) is 3.74. The normalized spacial score (nSPS) is 24.8. The number of halogens is 1. The SMILES string of the molecule is C[C@@]1(C(=O)O)CCCN1C(=O)CCCCBr. The number of carbonyl (C=O) groups is 2. The maximum absolute atomic E-state index is 11.9. The van der Waals surface area contributed by atoms with Crippen molar-refractivity contribution in [3.63, 3.8) is 0 Å². The van der Waals surface area contributed by atoms with E-state index in [2.05, 4.69) is 15.9 Å². The molecule has 0 aliphatic carbocycles. The van der Waals surface area contributed by atoms with Crippen LogP contribution in [0.1, 0.15) is 39.0 Å². The number of amides is 1. The summed E-state index contributed by atoms with van der Waals surface area (Å²) >= 11 is 3.31. The molecule has 0 saturated carbocycles. The molecule has 0 aromatic heterocycles. The Hall–Kier alpha value is -0.580. The van der Waals surface area contributed by atoms with Crippen LogP contribution in [-0.2, 0) is 9.59 Å². The van der Waals surface area contributed by atoms with Gasteiger partial charge >= 0.3 is 5.97 Å². The molecule has 0 spiro atoms. The fraction of sp³-hybridized carbons (Fsp3) is 0.818. The largest absolute Gasteiger partial charge is 0.480 e. The van der Waals surface area contributed by atoms with Gasteiger partial charge in [-0.1, -0.05) is 15.9 Å². The molecule has 1 saturated heterocycles. The predicted octanol–water partition coefficient (Wildman–Crippen LogP) is 2.02. The van der Waals surface area contributed by atoms with Crippen LogP contribution in [0.3, 0.4) is 0 Å². The van der Waals surface area contributed by atoms with Crippen LogP contribution in [0.15, 0.2) is 0 Å². The highest BCUT2D eigenvalue weighted by Crippen LogP contribution is 2.30. The van der Waals surface area contributed by atoms with Gasteiger partial charge < -0.3 is 10.0 Å². The van der Waals surface area contributed by atoms with Gasteiger partial charge in [0.2, 0.25) is 5.91 Å². The van der Waals surface area contributed by atoms with E-state index in [4.69, 9.17) is 5.11 Å². The van der Waals surface area contributed by atoms with E-state index in [0.29, 0.717) is 19.4 Å². The Morgan fingerprint density at radius 3 is 2.69 bits per heavy atom. The second-order valence-corrected chi connectivity index (χ2v) is 5.17. The van der Waals surface area contributed by atoms with Crippen LogP contribution in [0, 0.1) is 0 Å². The van der Waals surface area contributed by atoms with Crippen molar-refractivity contribution in [2.45, 2.75) is 44.6 Å². The van der Waals surface area contributed by atoms with Gasteiger partial charge in [0.25, 0.3) is 0 Å². The molecule has 16 heavy (non-hydrogen) atoms. The molecule has 92 valence electrons. The Balaban J connectivity index is 2.58. The minimum absolute atomic E-state index is 0.0247. The number of likely N-dealkylation sites (tertiary alicyclic amines) is 1. The number of nitrogens with zero attached hydrogens (tertiary/aromatic N) is 1. The van der Waals surface area contributed by atoms with Crippen molar-refractivity contribution in [3.8, 4) is 0 Å². The Bertz CT molecular complexity index is 282. The van der Waals surface area contributed by atoms with Crippen LogP contribution in [0.4, 0.5) is 0 Å². The van der Waals surface area contributed by atoms with Crippen molar-refractivity contribution < 1.29 is 14.7 Å². The minimum Gasteiger partial charge on any atom is -0.480 e. The smallest absolute Gasteiger partial charge is 0.329 e. The Morgan fingerprint density at radius 2 is 2.12 bits per heavy atom. The molecule has 1 amide bonds. The predicted molar refractivity (Wildman–Crippen MR) is 64.6 cm³/mol. The van der Waals surface area contributed by atoms with E-state index in [1.807, 2.05) is 0 Å². The molecule has 0 unspecified atom stereocenters. The molecule has 1 N–H and O–H groups in total. The Morgan fingerprint density at radius 1 is 1.44 bits per heavy atom. The minimum atomic E-state index is -0.981. The van der Waals surface area contributed by atoms with Gasteiger partial charge in [-0.05, 0) is 32.6 Å². The van der Waals surface area contributed by atoms with Crippen molar-refractivity contribution in [2.75, 3.05) is 11.9 Å². The van der Waals surface area contributed by atoms with Crippen molar-refractivity contribution in [1.82, 2.24) is 4.90 Å². The standard InChI is InChI=1S/C11H18BrNO3/c1-11(10(15)16)6-4-8-13(11)9(14)5-2-3-7-12/h2-8H2,1H3,(H,15,16)/t11-/m0/s1. The van der Waals surface area contributed by atoms with Crippen LogP contribution in [0.2, 0.25) is 0 Å². The number of carboxylic acids is 1. The first kappa shape index (κ1) is 13.5. The van der Waals surface area contributed by atoms with Crippen LogP contribution < -0.4 is 0 Å². The fourth-order valence-corrected chi connectivity index (χ4v) is 2.49. The first-order chi connectivity index (χ1) is 7.52. The van der Waals surface area contributed by atoms with Gasteiger partial charge in [0.1, 0.15) is 5.54 Å². The number of aliphatic carboxylic acids is 1. The number of rotatable bonds is 5. The van der Waals surface area contributed by atoms with Gasteiger partial charge in [0.15, 0.2) is 0 Å². The lowest BCUT2D eigenvalue weighted by Gasteiger charge is -2.31. The zero-order valence-corrected chi connectivity index (χ0v) is 11.1. The zero-order valence-electron chi connectivity index (χ0n) is 9.54. The highest BCUT2D eigenvalue weighted by molar-refractivity contribution is 9.09. The quantitative estimate of drug-likeness (QED) is 0.623. The Labute approximate surface area is 104 Å². The summed E-state index contributed by atoms with van der Waals surface area (Å²) in [4.78, 5) is 24.6. The molecule has 0 radical (unpaired) electrons. The lowest BCUT2D eigenvalue weighted by atomic mass is 9.99. The summed E-state index contributed by atoms with van der Waals surface area (Å²) in [6.07, 6.45) is 3.56. The van der Waals surface area contributed by atoms with Crippen LogP contribution in [0.25, 0.3) is 0 Å². The summed E-state index contributed by atoms with van der Waals surface area (Å²) in [5, 5.41) is 10.0. The van der Waals surface area contributed by atoms with E-state index >= 15 is 0 Å². The number of unbranched alkanes of at least 4 members (excludes halogenated alkanes) is 1. The van der Waals surface area contributed by atoms with E-state index < -0.39 is 11.5 Å². The number of hydrogen-bond donors (Lipinski definition) is 1. The van der Waals surface area contributed by atoms with Gasteiger partial charge in [0.05, 0.1) is 0 Å². The third kappa shape index (κ3) is 2.75. The van der Waals surface area contributed by atoms with Crippen molar-refractivity contribution in [3.05, 3.63) is 0 Å². The molecule has 1 atom stereocenters. The van der Waals surface area contributed by atoms with Crippen LogP contribution in [0.5, 0.6) is 0 Å². The summed E-state index contributed by atoms with van der Waals surface area (Å²) in [6, 6.07) is 0. The van der Waals surface area contributed by atoms with Crippen LogP contribution >= 0.6 is 15.9 Å². The molecule has 1 aliphatic heterocycles. The van der Waals surface area contributed by atoms with E-state index in [0.717, 1.165) is 24.6 Å². The first-order valence-electron chi connectivity index (χ1n) is 5.62. The highest BCUT2D eigenvalue weighted by Gasteiger charge is 2.45. The van der Waals surface area contributed by atoms with Crippen molar-refractivity contribution in [1.29, 1.82) is 0 Å². The molecular formula is C11H18BrNO3. The summed E-state index contributed by atoms with van der Waals surface area (Å²) in [5.74, 6) is -0.915. The second kappa shape index (κ2) is 5.66. The molecule has 5 heteroatoms. The highest BCUT2D eigenvalue weighted by atomic mass is 79.9. The molecule has 1 aliphatic rings. The zero-order chi connectivity index (χ0) is 12.2. The third-order valence-electron chi connectivity index (χ3n) is 3.18. The van der Waals surface area contributed by atoms with Crippen molar-refractivity contribution >= 4 is 27.8 Å². The average Bonchev–Trinajstić information content (AvgIpc) is 2.62. The number of carbonyl (C=O) groups excluding carboxylic acids is 1. The first-order valence-corrected chi connectivity index (χ1v) is 6.74. The second-order valence-electron chi connectivity index (χ2n) is 4.37. The number of alkyl halides is 1. The van der Waals surface area contributed by atoms with E-state index in [1.54, 1.807) is 6.92 Å². The van der Waals surface area contributed by atoms with Crippen LogP contribution in [-0.4, -0.2) is 39.3 Å². The van der Waals surface area contributed by atoms with E-state index in [-0.39, 0.29) is 5.91 Å². The maximum atomic E-state index is 11.9. The summed E-state index contributed by atoms with van der Waals surface area (Å²) in [5.41, 5.74) is -0.981. The van der Waals surface area contributed by atoms with E-state index in [1.165, 1.54) is 4.90 Å². The number of hydrogen-bond acceptors (Lipinski definition) is 2. The lowest BCUT2D eigenvalue weighted by molar-refractivity contribution is -0.155. The summed E-state index contributed by atoms with van der Waals surface area (Å²) in [6.45, 7) is 2.22. The van der Waals surface area contributed by atoms with Gasteiger partial charge in [-0.2, -0.15) is 0 Å². The maximum Gasteiger partial charge on any atom is 0.329 e. The van der Waals surface area contributed by atoms with Gasteiger partial charge in [0, 0.05) is 18.3 Å². The van der Waals surface area contributed by atoms with Gasteiger partial charge in [-0.25, -0.2) is 4.79 Å². The van der Waals surface area contributed by atoms with Crippen molar-refractivity contribution in [2.24, 2.45) is 0 Å². The molecule has 0 aromatic carbocycles. The Kier molecular flexibility index (Phi) is 4.77. The number of carboxylic acid groups (broad SMARTS) is 1. The fourth-order valence-electron chi connectivity index (χ4n) is 2.09. The molecule has 1 rings (SSSR count). The topological polar surface area (TPSA) is 57.6 Å². The summed E-state index contributed by atoms with van der Waals surface area (Å²) < 4.78 is 0. The monoisotopic (exact) mass is 291 g/mol. The van der Waals surface area contributed by atoms with E-state index in [9.17, 15) is 9.59 Å². The lowest BCUT2D eigenvalue weighted by Crippen LogP contribution is -2.50. The van der Waals surface area contributed by atoms with Gasteiger partial charge in [-0.15, -0.1) is 0 Å². The molecule has 4 nitrogen and oxygen atoms in total. The average molecular weight is 292 g/mol. The molecular weight excluding hydrogens is 274 g/mol.